The normalized spacial score (nSPS) is 11.0. The molecular formula is C40H32N2. The summed E-state index contributed by atoms with van der Waals surface area (Å²) in [4.78, 5) is 7.33. The zero-order valence-corrected chi connectivity index (χ0v) is 23.4. The number of aromatic amines is 2. The van der Waals surface area contributed by atoms with Gasteiger partial charge in [0.2, 0.25) is 0 Å². The minimum atomic E-state index is 0.855. The largest absolute Gasteiger partial charge is 0.360 e. The fraction of sp³-hybridized carbons (Fsp3) is 0.0500. The Balaban J connectivity index is 1.34. The zero-order chi connectivity index (χ0) is 28.1. The van der Waals surface area contributed by atoms with Gasteiger partial charge in [-0.25, -0.2) is 0 Å². The van der Waals surface area contributed by atoms with E-state index in [0.29, 0.717) is 0 Å². The second-order valence-corrected chi connectivity index (χ2v) is 10.7. The van der Waals surface area contributed by atoms with Gasteiger partial charge < -0.3 is 9.97 Å². The van der Waals surface area contributed by atoms with Crippen molar-refractivity contribution in [3.63, 3.8) is 0 Å². The lowest BCUT2D eigenvalue weighted by molar-refractivity contribution is 1.19. The molecule has 0 bridgehead atoms. The highest BCUT2D eigenvalue weighted by Crippen LogP contribution is 2.38. The van der Waals surface area contributed by atoms with Crippen LogP contribution in [0.4, 0.5) is 0 Å². The average molecular weight is 541 g/mol. The summed E-state index contributed by atoms with van der Waals surface area (Å²) in [7, 11) is 0. The number of hydrogen-bond donors (Lipinski definition) is 2. The second-order valence-electron chi connectivity index (χ2n) is 10.7. The Morgan fingerprint density at radius 1 is 0.357 bits per heavy atom. The van der Waals surface area contributed by atoms with Crippen LogP contribution in [0.5, 0.6) is 0 Å². The van der Waals surface area contributed by atoms with Crippen molar-refractivity contribution in [1.29, 1.82) is 0 Å². The van der Waals surface area contributed by atoms with Gasteiger partial charge in [0.15, 0.2) is 0 Å². The number of H-pyrrole nitrogens is 2. The molecule has 0 spiro atoms. The summed E-state index contributed by atoms with van der Waals surface area (Å²) in [6, 6.07) is 51.8. The van der Waals surface area contributed by atoms with Crippen LogP contribution in [0.2, 0.25) is 0 Å². The molecule has 0 amide bonds. The van der Waals surface area contributed by atoms with E-state index in [4.69, 9.17) is 0 Å². The number of hydrogen-bond acceptors (Lipinski definition) is 0. The minimum absolute atomic E-state index is 0.855. The molecule has 2 heteroatoms. The lowest BCUT2D eigenvalue weighted by Gasteiger charge is -2.12. The molecule has 7 rings (SSSR count). The molecule has 42 heavy (non-hydrogen) atoms. The van der Waals surface area contributed by atoms with Crippen molar-refractivity contribution < 1.29 is 0 Å². The van der Waals surface area contributed by atoms with Crippen LogP contribution in [0.1, 0.15) is 22.3 Å². The summed E-state index contributed by atoms with van der Waals surface area (Å²) in [6.45, 7) is 0. The first-order valence-electron chi connectivity index (χ1n) is 14.5. The second kappa shape index (κ2) is 11.6. The van der Waals surface area contributed by atoms with E-state index in [1.165, 1.54) is 67.0 Å². The molecule has 202 valence electrons. The van der Waals surface area contributed by atoms with E-state index in [0.717, 1.165) is 12.8 Å². The number of nitrogens with one attached hydrogen (secondary N) is 2. The molecule has 0 aliphatic carbocycles. The van der Waals surface area contributed by atoms with E-state index in [9.17, 15) is 0 Å². The van der Waals surface area contributed by atoms with E-state index >= 15 is 0 Å². The average Bonchev–Trinajstić information content (AvgIpc) is 3.67. The number of benzene rings is 5. The first-order chi connectivity index (χ1) is 20.8. The maximum Gasteiger partial charge on any atom is 0.0496 e. The molecule has 5 aromatic carbocycles. The van der Waals surface area contributed by atoms with Crippen LogP contribution in [-0.2, 0) is 12.8 Å². The highest BCUT2D eigenvalue weighted by molar-refractivity contribution is 5.82. The molecule has 7 aromatic rings. The first kappa shape index (κ1) is 25.6. The first-order valence-corrected chi connectivity index (χ1v) is 14.5. The summed E-state index contributed by atoms with van der Waals surface area (Å²) in [6.07, 6.45) is 6.04. The monoisotopic (exact) mass is 540 g/mol. The van der Waals surface area contributed by atoms with Crippen LogP contribution >= 0.6 is 0 Å². The van der Waals surface area contributed by atoms with Crippen molar-refractivity contribution in [1.82, 2.24) is 9.97 Å². The molecular weight excluding hydrogens is 508 g/mol. The molecule has 0 aliphatic heterocycles. The summed E-state index contributed by atoms with van der Waals surface area (Å²) < 4.78 is 0. The Morgan fingerprint density at radius 3 is 1.12 bits per heavy atom. The van der Waals surface area contributed by atoms with Crippen LogP contribution in [0.3, 0.4) is 0 Å². The molecule has 0 atom stereocenters. The van der Waals surface area contributed by atoms with Crippen LogP contribution in [-0.4, -0.2) is 9.97 Å². The van der Waals surface area contributed by atoms with Crippen molar-refractivity contribution in [2.24, 2.45) is 0 Å². The Labute approximate surface area is 247 Å². The topological polar surface area (TPSA) is 31.6 Å². The van der Waals surface area contributed by atoms with Gasteiger partial charge in [-0.3, -0.25) is 0 Å². The van der Waals surface area contributed by atoms with Gasteiger partial charge in [-0.1, -0.05) is 140 Å². The Hall–Kier alpha value is -5.34. The standard InChI is InChI=1S/C40H32N2/c1-5-14-29(15-6-1)24-35-37(31-18-9-3-10-19-31)27-41-39(35)33-22-13-23-34(26-33)40-36(25-30-16-7-2-8-17-30)38(28-42-40)32-20-11-4-12-21-32/h1-23,26-28,41-42H,24-25H2. The third-order valence-electron chi connectivity index (χ3n) is 8.03. The van der Waals surface area contributed by atoms with Crippen molar-refractivity contribution in [3.05, 3.63) is 180 Å². The van der Waals surface area contributed by atoms with Gasteiger partial charge in [0.25, 0.3) is 0 Å². The van der Waals surface area contributed by atoms with Crippen LogP contribution in [0.15, 0.2) is 158 Å². The van der Waals surface area contributed by atoms with Gasteiger partial charge >= 0.3 is 0 Å². The van der Waals surface area contributed by atoms with E-state index in [1.54, 1.807) is 0 Å². The maximum absolute atomic E-state index is 3.66. The highest BCUT2D eigenvalue weighted by Gasteiger charge is 2.18. The zero-order valence-electron chi connectivity index (χ0n) is 23.4. The predicted molar refractivity (Wildman–Crippen MR) is 175 cm³/mol. The van der Waals surface area contributed by atoms with Crippen molar-refractivity contribution >= 4 is 0 Å². The lowest BCUT2D eigenvalue weighted by atomic mass is 9.92. The molecule has 0 saturated heterocycles. The van der Waals surface area contributed by atoms with Gasteiger partial charge in [0, 0.05) is 47.8 Å². The van der Waals surface area contributed by atoms with E-state index in [2.05, 4.69) is 168 Å². The van der Waals surface area contributed by atoms with Crippen LogP contribution in [0, 0.1) is 0 Å². The maximum atomic E-state index is 3.66. The van der Waals surface area contributed by atoms with Crippen molar-refractivity contribution in [2.45, 2.75) is 12.8 Å². The van der Waals surface area contributed by atoms with Crippen LogP contribution in [0.25, 0.3) is 44.8 Å². The molecule has 2 heterocycles. The molecule has 0 saturated carbocycles. The van der Waals surface area contributed by atoms with Crippen molar-refractivity contribution in [2.75, 3.05) is 0 Å². The summed E-state index contributed by atoms with van der Waals surface area (Å²) in [5.74, 6) is 0. The summed E-state index contributed by atoms with van der Waals surface area (Å²) in [5.41, 5.74) is 14.9. The van der Waals surface area contributed by atoms with E-state index < -0.39 is 0 Å². The highest BCUT2D eigenvalue weighted by atomic mass is 14.7. The number of aromatic nitrogens is 2. The molecule has 2 aromatic heterocycles. The summed E-state index contributed by atoms with van der Waals surface area (Å²) in [5, 5.41) is 0. The van der Waals surface area contributed by atoms with E-state index in [1.807, 2.05) is 0 Å². The molecule has 2 N–H and O–H groups in total. The Kier molecular flexibility index (Phi) is 7.10. The van der Waals surface area contributed by atoms with E-state index in [-0.39, 0.29) is 0 Å². The summed E-state index contributed by atoms with van der Waals surface area (Å²) >= 11 is 0. The van der Waals surface area contributed by atoms with Gasteiger partial charge in [0.1, 0.15) is 0 Å². The van der Waals surface area contributed by atoms with Crippen LogP contribution < -0.4 is 0 Å². The molecule has 0 fully saturated rings. The number of rotatable bonds is 8. The van der Waals surface area contributed by atoms with Gasteiger partial charge in [-0.05, 0) is 50.6 Å². The van der Waals surface area contributed by atoms with Gasteiger partial charge in [-0.2, -0.15) is 0 Å². The van der Waals surface area contributed by atoms with Crippen molar-refractivity contribution in [3.8, 4) is 44.8 Å². The Morgan fingerprint density at radius 2 is 0.714 bits per heavy atom. The van der Waals surface area contributed by atoms with Gasteiger partial charge in [-0.15, -0.1) is 0 Å². The lowest BCUT2D eigenvalue weighted by Crippen LogP contribution is -1.94. The smallest absolute Gasteiger partial charge is 0.0496 e. The quantitative estimate of drug-likeness (QED) is 0.192. The fourth-order valence-corrected chi connectivity index (χ4v) is 5.97. The SMILES string of the molecule is c1ccc(Cc2c(-c3ccccc3)c[nH]c2-c2cccc(-c3[nH]cc(-c4ccccc4)c3Cc3ccccc3)c2)cc1. The molecule has 0 radical (unpaired) electrons. The predicted octanol–water partition coefficient (Wildman–Crippen LogP) is 10.2. The minimum Gasteiger partial charge on any atom is -0.360 e. The Bertz CT molecular complexity index is 1760. The molecule has 2 nitrogen and oxygen atoms in total. The molecule has 0 unspecified atom stereocenters. The van der Waals surface area contributed by atoms with Gasteiger partial charge in [0.05, 0.1) is 0 Å². The fourth-order valence-electron chi connectivity index (χ4n) is 5.97. The third kappa shape index (κ3) is 5.23. The third-order valence-corrected chi connectivity index (χ3v) is 8.03. The molecule has 0 aliphatic rings.